The van der Waals surface area contributed by atoms with E-state index in [9.17, 15) is 4.39 Å². The van der Waals surface area contributed by atoms with Gasteiger partial charge in [-0.3, -0.25) is 0 Å². The van der Waals surface area contributed by atoms with E-state index in [0.29, 0.717) is 4.47 Å². The molecule has 0 aliphatic carbocycles. The molecule has 0 spiro atoms. The van der Waals surface area contributed by atoms with Gasteiger partial charge in [-0.1, -0.05) is 34.1 Å². The largest absolute Gasteiger partial charge is 0.206 e. The molecule has 4 heteroatoms. The van der Waals surface area contributed by atoms with E-state index < -0.39 is 0 Å². The summed E-state index contributed by atoms with van der Waals surface area (Å²) < 4.78 is 14.6. The lowest BCUT2D eigenvalue weighted by atomic mass is 10.0. The number of hydrogen-bond acceptors (Lipinski definition) is 0. The van der Waals surface area contributed by atoms with Gasteiger partial charge in [-0.05, 0) is 57.7 Å². The summed E-state index contributed by atoms with van der Waals surface area (Å²) in [6.45, 7) is 2.02. The molecule has 0 fully saturated rings. The summed E-state index contributed by atoms with van der Waals surface area (Å²) in [5.74, 6) is -0.286. The zero-order chi connectivity index (χ0) is 13.3. The molecule has 0 bridgehead atoms. The predicted molar refractivity (Wildman–Crippen MR) is 80.7 cm³/mol. The zero-order valence-corrected chi connectivity index (χ0v) is 13.5. The van der Waals surface area contributed by atoms with Gasteiger partial charge in [0.25, 0.3) is 0 Å². The topological polar surface area (TPSA) is 0 Å². The molecule has 0 aliphatic heterocycles. The first-order chi connectivity index (χ1) is 8.49. The van der Waals surface area contributed by atoms with Crippen LogP contribution in [0, 0.1) is 12.7 Å². The Labute approximate surface area is 127 Å². The average molecular weight is 392 g/mol. The molecule has 1 unspecified atom stereocenters. The summed E-state index contributed by atoms with van der Waals surface area (Å²) in [4.78, 5) is 0. The normalized spacial score (nSPS) is 12.5. The Balaban J connectivity index is 2.41. The first-order valence-electron chi connectivity index (χ1n) is 5.34. The smallest absolute Gasteiger partial charge is 0.137 e. The van der Waals surface area contributed by atoms with Gasteiger partial charge in [0.15, 0.2) is 0 Å². The monoisotopic (exact) mass is 390 g/mol. The summed E-state index contributed by atoms with van der Waals surface area (Å²) in [6, 6.07) is 10.8. The van der Waals surface area contributed by atoms with Gasteiger partial charge in [-0.25, -0.2) is 4.39 Å². The Hall–Kier alpha value is -0.380. The minimum absolute atomic E-state index is 0.286. The number of alkyl halides is 1. The van der Waals surface area contributed by atoms with Crippen LogP contribution in [-0.2, 0) is 0 Å². The Morgan fingerprint density at radius 1 is 1.06 bits per heavy atom. The number of aryl methyl sites for hydroxylation is 1. The molecule has 0 aliphatic rings. The van der Waals surface area contributed by atoms with Crippen molar-refractivity contribution in [1.29, 1.82) is 0 Å². The molecule has 18 heavy (non-hydrogen) atoms. The summed E-state index contributed by atoms with van der Waals surface area (Å²) in [7, 11) is 0. The van der Waals surface area contributed by atoms with Crippen LogP contribution in [0.1, 0.15) is 22.1 Å². The Bertz CT molecular complexity index is 584. The summed E-state index contributed by atoms with van der Waals surface area (Å²) in [5.41, 5.74) is 2.99. The Morgan fingerprint density at radius 3 is 2.39 bits per heavy atom. The van der Waals surface area contributed by atoms with Crippen molar-refractivity contribution >= 4 is 43.5 Å². The minimum Gasteiger partial charge on any atom is -0.206 e. The molecule has 1 atom stereocenters. The van der Waals surface area contributed by atoms with E-state index in [1.807, 2.05) is 25.1 Å². The third-order valence-corrected chi connectivity index (χ3v) is 4.45. The third kappa shape index (κ3) is 2.95. The van der Waals surface area contributed by atoms with E-state index in [0.717, 1.165) is 21.2 Å². The van der Waals surface area contributed by atoms with E-state index in [-0.39, 0.29) is 11.2 Å². The lowest BCUT2D eigenvalue weighted by Crippen LogP contribution is -1.96. The molecule has 2 rings (SSSR count). The molecule has 0 radical (unpaired) electrons. The molecule has 0 heterocycles. The van der Waals surface area contributed by atoms with Crippen LogP contribution in [0.2, 0.25) is 0 Å². The molecule has 0 aromatic heterocycles. The van der Waals surface area contributed by atoms with Crippen molar-refractivity contribution in [1.82, 2.24) is 0 Å². The highest BCUT2D eigenvalue weighted by Gasteiger charge is 2.15. The third-order valence-electron chi connectivity index (χ3n) is 2.67. The lowest BCUT2D eigenvalue weighted by Gasteiger charge is -2.13. The van der Waals surface area contributed by atoms with Gasteiger partial charge in [0, 0.05) is 4.47 Å². The number of benzene rings is 2. The molecular weight excluding hydrogens is 382 g/mol. The molecule has 2 aromatic rings. The highest BCUT2D eigenvalue weighted by atomic mass is 79.9. The van der Waals surface area contributed by atoms with Gasteiger partial charge >= 0.3 is 0 Å². The van der Waals surface area contributed by atoms with Gasteiger partial charge in [0.2, 0.25) is 0 Å². The average Bonchev–Trinajstić information content (AvgIpc) is 2.32. The van der Waals surface area contributed by atoms with Crippen molar-refractivity contribution < 1.29 is 4.39 Å². The number of halogens is 4. The zero-order valence-electron chi connectivity index (χ0n) is 9.55. The molecule has 0 saturated heterocycles. The van der Waals surface area contributed by atoms with Crippen molar-refractivity contribution in [2.45, 2.75) is 12.3 Å². The summed E-state index contributed by atoms with van der Waals surface area (Å²) in [5, 5.41) is -0.308. The van der Waals surface area contributed by atoms with Gasteiger partial charge in [-0.15, -0.1) is 11.6 Å². The fourth-order valence-corrected chi connectivity index (χ4v) is 3.26. The molecule has 0 amide bonds. The molecular formula is C14H10Br2ClF. The lowest BCUT2D eigenvalue weighted by molar-refractivity contribution is 0.620. The second-order valence-electron chi connectivity index (χ2n) is 4.06. The summed E-state index contributed by atoms with van der Waals surface area (Å²) >= 11 is 13.1. The van der Waals surface area contributed by atoms with Crippen LogP contribution >= 0.6 is 43.5 Å². The van der Waals surface area contributed by atoms with E-state index in [1.54, 1.807) is 12.1 Å². The molecule has 0 saturated carbocycles. The number of hydrogen-bond donors (Lipinski definition) is 0. The standard InChI is InChI=1S/C14H10Br2ClF/c1-8-2-4-10(11(15)6-8)14(17)9-3-5-13(18)12(16)7-9/h2-7,14H,1H3. The van der Waals surface area contributed by atoms with Crippen LogP contribution in [0.15, 0.2) is 45.3 Å². The fraction of sp³-hybridized carbons (Fsp3) is 0.143. The first-order valence-corrected chi connectivity index (χ1v) is 7.36. The maximum atomic E-state index is 13.2. The fourth-order valence-electron chi connectivity index (χ4n) is 1.69. The molecule has 94 valence electrons. The maximum absolute atomic E-state index is 13.2. The van der Waals surface area contributed by atoms with Crippen molar-refractivity contribution in [2.75, 3.05) is 0 Å². The van der Waals surface area contributed by atoms with Gasteiger partial charge in [0.1, 0.15) is 5.82 Å². The van der Waals surface area contributed by atoms with E-state index in [1.165, 1.54) is 6.07 Å². The van der Waals surface area contributed by atoms with Crippen LogP contribution in [0.5, 0.6) is 0 Å². The highest BCUT2D eigenvalue weighted by Crippen LogP contribution is 2.35. The Kier molecular flexibility index (Phi) is 4.46. The van der Waals surface area contributed by atoms with Crippen LogP contribution in [-0.4, -0.2) is 0 Å². The second kappa shape index (κ2) is 5.72. The van der Waals surface area contributed by atoms with E-state index in [4.69, 9.17) is 11.6 Å². The van der Waals surface area contributed by atoms with Crippen LogP contribution in [0.4, 0.5) is 4.39 Å². The van der Waals surface area contributed by atoms with Gasteiger partial charge < -0.3 is 0 Å². The summed E-state index contributed by atoms with van der Waals surface area (Å²) in [6.07, 6.45) is 0. The van der Waals surface area contributed by atoms with Gasteiger partial charge in [-0.2, -0.15) is 0 Å². The van der Waals surface area contributed by atoms with Crippen LogP contribution < -0.4 is 0 Å². The SMILES string of the molecule is Cc1ccc(C(Cl)c2ccc(F)c(Br)c2)c(Br)c1. The predicted octanol–water partition coefficient (Wildman–Crippen LogP) is 5.99. The van der Waals surface area contributed by atoms with Crippen molar-refractivity contribution in [3.63, 3.8) is 0 Å². The number of rotatable bonds is 2. The Morgan fingerprint density at radius 2 is 1.78 bits per heavy atom. The molecule has 0 N–H and O–H groups in total. The first kappa shape index (κ1) is 14.0. The van der Waals surface area contributed by atoms with E-state index in [2.05, 4.69) is 31.9 Å². The maximum Gasteiger partial charge on any atom is 0.137 e. The highest BCUT2D eigenvalue weighted by molar-refractivity contribution is 9.10. The van der Waals surface area contributed by atoms with Crippen molar-refractivity contribution in [3.8, 4) is 0 Å². The van der Waals surface area contributed by atoms with E-state index >= 15 is 0 Å². The second-order valence-corrected chi connectivity index (χ2v) is 6.21. The quantitative estimate of drug-likeness (QED) is 0.551. The van der Waals surface area contributed by atoms with Crippen molar-refractivity contribution in [3.05, 3.63) is 67.9 Å². The van der Waals surface area contributed by atoms with Crippen LogP contribution in [0.3, 0.4) is 0 Å². The van der Waals surface area contributed by atoms with Crippen LogP contribution in [0.25, 0.3) is 0 Å². The molecule has 0 nitrogen and oxygen atoms in total. The van der Waals surface area contributed by atoms with Gasteiger partial charge in [0.05, 0.1) is 9.85 Å². The minimum atomic E-state index is -0.308. The molecule has 2 aromatic carbocycles. The van der Waals surface area contributed by atoms with Crippen molar-refractivity contribution in [2.24, 2.45) is 0 Å².